The van der Waals surface area contributed by atoms with E-state index in [4.69, 9.17) is 4.74 Å². The van der Waals surface area contributed by atoms with Gasteiger partial charge in [-0.1, -0.05) is 33.6 Å². The number of hydrogen-bond acceptors (Lipinski definition) is 2. The number of amides is 1. The molecule has 1 amide bonds. The maximum atomic E-state index is 11.5. The lowest BCUT2D eigenvalue weighted by atomic mass is 10.1. The van der Waals surface area contributed by atoms with Gasteiger partial charge in [0, 0.05) is 11.0 Å². The molecule has 0 aromatic heterocycles. The highest BCUT2D eigenvalue weighted by molar-refractivity contribution is 9.10. The second-order valence-corrected chi connectivity index (χ2v) is 5.80. The van der Waals surface area contributed by atoms with Gasteiger partial charge in [0.25, 0.3) is 0 Å². The number of carbonyl (C=O) groups excluding carboxylic acids is 1. The number of hydrogen-bond donors (Lipinski definition) is 1. The van der Waals surface area contributed by atoms with E-state index >= 15 is 0 Å². The van der Waals surface area contributed by atoms with E-state index in [9.17, 15) is 4.79 Å². The molecule has 0 saturated heterocycles. The van der Waals surface area contributed by atoms with Crippen molar-refractivity contribution in [2.24, 2.45) is 0 Å². The predicted molar refractivity (Wildman–Crippen MR) is 72.0 cm³/mol. The molecule has 0 saturated carbocycles. The van der Waals surface area contributed by atoms with E-state index in [-0.39, 0.29) is 0 Å². The first-order valence-electron chi connectivity index (χ1n) is 5.50. The van der Waals surface area contributed by atoms with Crippen molar-refractivity contribution in [1.82, 2.24) is 5.32 Å². The summed E-state index contributed by atoms with van der Waals surface area (Å²) in [6, 6.07) is 6.02. The Hall–Kier alpha value is -1.03. The van der Waals surface area contributed by atoms with Crippen LogP contribution in [0.15, 0.2) is 22.7 Å². The standard InChI is InChI=1S/C13H18BrNO2/c1-9-5-6-11(14)10(7-9)8-15-12(16)17-13(2,3)4/h5-7H,8H2,1-4H3,(H,15,16). The molecule has 17 heavy (non-hydrogen) atoms. The Morgan fingerprint density at radius 2 is 2.06 bits per heavy atom. The topological polar surface area (TPSA) is 38.3 Å². The number of ether oxygens (including phenoxy) is 1. The average molecular weight is 300 g/mol. The number of nitrogens with one attached hydrogen (secondary N) is 1. The maximum Gasteiger partial charge on any atom is 0.407 e. The van der Waals surface area contributed by atoms with Gasteiger partial charge in [-0.2, -0.15) is 0 Å². The molecule has 1 aromatic rings. The Balaban J connectivity index is 2.56. The Bertz CT molecular complexity index is 410. The van der Waals surface area contributed by atoms with Crippen LogP contribution < -0.4 is 5.32 Å². The van der Waals surface area contributed by atoms with Crippen LogP contribution >= 0.6 is 15.9 Å². The molecule has 3 nitrogen and oxygen atoms in total. The minimum absolute atomic E-state index is 0.397. The number of carbonyl (C=O) groups is 1. The molecule has 1 rings (SSSR count). The summed E-state index contributed by atoms with van der Waals surface area (Å²) in [5.41, 5.74) is 1.73. The van der Waals surface area contributed by atoms with Gasteiger partial charge in [0.05, 0.1) is 0 Å². The third-order valence-corrected chi connectivity index (χ3v) is 2.80. The van der Waals surface area contributed by atoms with Gasteiger partial charge in [0.2, 0.25) is 0 Å². The van der Waals surface area contributed by atoms with E-state index in [0.717, 1.165) is 15.6 Å². The van der Waals surface area contributed by atoms with E-state index in [1.54, 1.807) is 0 Å². The first kappa shape index (κ1) is 14.0. The first-order chi connectivity index (χ1) is 7.78. The molecular weight excluding hydrogens is 282 g/mol. The quantitative estimate of drug-likeness (QED) is 0.902. The summed E-state index contributed by atoms with van der Waals surface area (Å²) in [6.45, 7) is 8.00. The minimum atomic E-state index is -0.464. The van der Waals surface area contributed by atoms with Gasteiger partial charge in [0.1, 0.15) is 5.60 Å². The highest BCUT2D eigenvalue weighted by Gasteiger charge is 2.15. The fourth-order valence-electron chi connectivity index (χ4n) is 1.32. The van der Waals surface area contributed by atoms with Crippen LogP contribution in [0.4, 0.5) is 4.79 Å². The van der Waals surface area contributed by atoms with Gasteiger partial charge in [-0.05, 0) is 39.3 Å². The van der Waals surface area contributed by atoms with Gasteiger partial charge in [-0.15, -0.1) is 0 Å². The van der Waals surface area contributed by atoms with Crippen molar-refractivity contribution in [3.05, 3.63) is 33.8 Å². The van der Waals surface area contributed by atoms with Crippen LogP contribution in [0.2, 0.25) is 0 Å². The van der Waals surface area contributed by atoms with Crippen molar-refractivity contribution in [2.45, 2.75) is 39.8 Å². The lowest BCUT2D eigenvalue weighted by Crippen LogP contribution is -2.32. The van der Waals surface area contributed by atoms with E-state index in [1.165, 1.54) is 0 Å². The normalized spacial score (nSPS) is 11.1. The summed E-state index contributed by atoms with van der Waals surface area (Å²) < 4.78 is 6.15. The summed E-state index contributed by atoms with van der Waals surface area (Å²) in [5.74, 6) is 0. The molecule has 0 radical (unpaired) electrons. The minimum Gasteiger partial charge on any atom is -0.444 e. The number of benzene rings is 1. The predicted octanol–water partition coefficient (Wildman–Crippen LogP) is 3.78. The summed E-state index contributed by atoms with van der Waals surface area (Å²) >= 11 is 3.45. The Morgan fingerprint density at radius 3 is 2.65 bits per heavy atom. The van der Waals surface area contributed by atoms with Gasteiger partial charge in [-0.25, -0.2) is 4.79 Å². The van der Waals surface area contributed by atoms with Gasteiger partial charge < -0.3 is 10.1 Å². The van der Waals surface area contributed by atoms with Crippen LogP contribution in [0.5, 0.6) is 0 Å². The van der Waals surface area contributed by atoms with E-state index in [0.29, 0.717) is 6.54 Å². The fraction of sp³-hybridized carbons (Fsp3) is 0.462. The van der Waals surface area contributed by atoms with Crippen molar-refractivity contribution >= 4 is 22.0 Å². The molecule has 1 N–H and O–H groups in total. The SMILES string of the molecule is Cc1ccc(Br)c(CNC(=O)OC(C)(C)C)c1. The van der Waals surface area contributed by atoms with Crippen molar-refractivity contribution in [1.29, 1.82) is 0 Å². The molecule has 0 fully saturated rings. The summed E-state index contributed by atoms with van der Waals surface area (Å²) in [5, 5.41) is 2.73. The molecule has 1 aromatic carbocycles. The number of halogens is 1. The Kier molecular flexibility index (Phi) is 4.57. The molecule has 0 aliphatic heterocycles. The Morgan fingerprint density at radius 1 is 1.41 bits per heavy atom. The average Bonchev–Trinajstić information content (AvgIpc) is 2.17. The smallest absolute Gasteiger partial charge is 0.407 e. The molecule has 0 bridgehead atoms. The Labute approximate surface area is 111 Å². The van der Waals surface area contributed by atoms with Gasteiger partial charge >= 0.3 is 6.09 Å². The molecule has 0 heterocycles. The molecule has 0 atom stereocenters. The zero-order valence-corrected chi connectivity index (χ0v) is 12.2. The number of aryl methyl sites for hydroxylation is 1. The zero-order chi connectivity index (χ0) is 13.1. The van der Waals surface area contributed by atoms with Crippen LogP contribution in [-0.4, -0.2) is 11.7 Å². The summed E-state index contributed by atoms with van der Waals surface area (Å²) in [4.78, 5) is 11.5. The third-order valence-electron chi connectivity index (χ3n) is 2.02. The number of alkyl carbamates (subject to hydrolysis) is 1. The monoisotopic (exact) mass is 299 g/mol. The molecule has 0 unspecified atom stereocenters. The van der Waals surface area contributed by atoms with Gasteiger partial charge in [0.15, 0.2) is 0 Å². The molecule has 94 valence electrons. The summed E-state index contributed by atoms with van der Waals surface area (Å²) in [6.07, 6.45) is -0.397. The first-order valence-corrected chi connectivity index (χ1v) is 6.29. The maximum absolute atomic E-state index is 11.5. The second kappa shape index (κ2) is 5.54. The van der Waals surface area contributed by atoms with Crippen LogP contribution in [0, 0.1) is 6.92 Å². The van der Waals surface area contributed by atoms with Crippen molar-refractivity contribution < 1.29 is 9.53 Å². The second-order valence-electron chi connectivity index (χ2n) is 4.95. The van der Waals surface area contributed by atoms with E-state index < -0.39 is 11.7 Å². The van der Waals surface area contributed by atoms with Crippen LogP contribution in [0.3, 0.4) is 0 Å². The highest BCUT2D eigenvalue weighted by Crippen LogP contribution is 2.18. The molecular formula is C13H18BrNO2. The van der Waals surface area contributed by atoms with E-state index in [1.807, 2.05) is 45.9 Å². The van der Waals surface area contributed by atoms with Crippen molar-refractivity contribution in [3.8, 4) is 0 Å². The van der Waals surface area contributed by atoms with Crippen LogP contribution in [0.25, 0.3) is 0 Å². The zero-order valence-electron chi connectivity index (χ0n) is 10.6. The van der Waals surface area contributed by atoms with Crippen molar-refractivity contribution in [2.75, 3.05) is 0 Å². The van der Waals surface area contributed by atoms with E-state index in [2.05, 4.69) is 21.2 Å². The third kappa shape index (κ3) is 5.22. The molecule has 0 spiro atoms. The van der Waals surface area contributed by atoms with Crippen LogP contribution in [0.1, 0.15) is 31.9 Å². The lowest BCUT2D eigenvalue weighted by molar-refractivity contribution is 0.0523. The van der Waals surface area contributed by atoms with Gasteiger partial charge in [-0.3, -0.25) is 0 Å². The fourth-order valence-corrected chi connectivity index (χ4v) is 1.71. The highest BCUT2D eigenvalue weighted by atomic mass is 79.9. The summed E-state index contributed by atoms with van der Waals surface area (Å²) in [7, 11) is 0. The lowest BCUT2D eigenvalue weighted by Gasteiger charge is -2.19. The van der Waals surface area contributed by atoms with Crippen LogP contribution in [-0.2, 0) is 11.3 Å². The molecule has 0 aliphatic carbocycles. The van der Waals surface area contributed by atoms with Crippen molar-refractivity contribution in [3.63, 3.8) is 0 Å². The molecule has 0 aliphatic rings. The number of rotatable bonds is 2. The molecule has 4 heteroatoms. The largest absolute Gasteiger partial charge is 0.444 e.